The molecule has 0 atom stereocenters. The summed E-state index contributed by atoms with van der Waals surface area (Å²) in [6, 6.07) is 0. The standard InChI is InChI=1S/C8H16N4O/c1-9-8(10-2)12-5-3-11(7-13)4-6-12/h7H,3-6H2,1-2H3,(H,9,10). The van der Waals surface area contributed by atoms with Crippen molar-refractivity contribution in [3.8, 4) is 0 Å². The number of nitrogens with one attached hydrogen (secondary N) is 1. The van der Waals surface area contributed by atoms with E-state index in [-0.39, 0.29) is 0 Å². The van der Waals surface area contributed by atoms with E-state index >= 15 is 0 Å². The van der Waals surface area contributed by atoms with Crippen LogP contribution in [0.4, 0.5) is 0 Å². The number of guanidine groups is 1. The van der Waals surface area contributed by atoms with Crippen LogP contribution < -0.4 is 5.32 Å². The molecule has 0 unspecified atom stereocenters. The van der Waals surface area contributed by atoms with Gasteiger partial charge in [-0.3, -0.25) is 9.79 Å². The molecule has 0 aromatic carbocycles. The molecular weight excluding hydrogens is 168 g/mol. The Morgan fingerprint density at radius 2 is 2.00 bits per heavy atom. The van der Waals surface area contributed by atoms with Crippen LogP contribution >= 0.6 is 0 Å². The van der Waals surface area contributed by atoms with Crippen molar-refractivity contribution in [2.45, 2.75) is 0 Å². The molecule has 0 radical (unpaired) electrons. The van der Waals surface area contributed by atoms with Crippen molar-refractivity contribution in [3.63, 3.8) is 0 Å². The number of amides is 1. The second-order valence-corrected chi connectivity index (χ2v) is 2.93. The largest absolute Gasteiger partial charge is 0.359 e. The first-order valence-corrected chi connectivity index (χ1v) is 4.40. The highest BCUT2D eigenvalue weighted by molar-refractivity contribution is 5.79. The molecule has 5 nitrogen and oxygen atoms in total. The molecule has 0 aliphatic carbocycles. The zero-order chi connectivity index (χ0) is 9.68. The van der Waals surface area contributed by atoms with Gasteiger partial charge < -0.3 is 15.1 Å². The van der Waals surface area contributed by atoms with Crippen LogP contribution in [-0.4, -0.2) is 62.4 Å². The Morgan fingerprint density at radius 3 is 2.38 bits per heavy atom. The van der Waals surface area contributed by atoms with Gasteiger partial charge in [-0.05, 0) is 0 Å². The van der Waals surface area contributed by atoms with Crippen LogP contribution in [0.15, 0.2) is 4.99 Å². The highest BCUT2D eigenvalue weighted by Gasteiger charge is 2.16. The van der Waals surface area contributed by atoms with Gasteiger partial charge in [-0.1, -0.05) is 0 Å². The number of carbonyl (C=O) groups is 1. The maximum absolute atomic E-state index is 10.4. The highest BCUT2D eigenvalue weighted by atomic mass is 16.1. The molecule has 74 valence electrons. The Labute approximate surface area is 78.4 Å². The summed E-state index contributed by atoms with van der Waals surface area (Å²) in [6.07, 6.45) is 0.902. The van der Waals surface area contributed by atoms with Gasteiger partial charge in [0.2, 0.25) is 6.41 Å². The molecule has 1 rings (SSSR count). The van der Waals surface area contributed by atoms with Crippen LogP contribution in [0, 0.1) is 0 Å². The van der Waals surface area contributed by atoms with Gasteiger partial charge in [0.1, 0.15) is 0 Å². The lowest BCUT2D eigenvalue weighted by Gasteiger charge is -2.34. The summed E-state index contributed by atoms with van der Waals surface area (Å²) < 4.78 is 0. The molecule has 0 aromatic rings. The number of hydrogen-bond acceptors (Lipinski definition) is 2. The molecule has 5 heteroatoms. The number of nitrogens with zero attached hydrogens (tertiary/aromatic N) is 3. The summed E-state index contributed by atoms with van der Waals surface area (Å²) in [6.45, 7) is 3.27. The Morgan fingerprint density at radius 1 is 1.38 bits per heavy atom. The summed E-state index contributed by atoms with van der Waals surface area (Å²) in [5.41, 5.74) is 0. The summed E-state index contributed by atoms with van der Waals surface area (Å²) in [5, 5.41) is 3.02. The van der Waals surface area contributed by atoms with Crippen LogP contribution in [0.5, 0.6) is 0 Å². The van der Waals surface area contributed by atoms with Crippen LogP contribution in [0.25, 0.3) is 0 Å². The minimum absolute atomic E-state index is 0.782. The van der Waals surface area contributed by atoms with E-state index in [0.717, 1.165) is 38.5 Å². The summed E-state index contributed by atoms with van der Waals surface area (Å²) in [5.74, 6) is 0.894. The third kappa shape index (κ3) is 2.34. The highest BCUT2D eigenvalue weighted by Crippen LogP contribution is 1.99. The van der Waals surface area contributed by atoms with Crippen molar-refractivity contribution in [3.05, 3.63) is 0 Å². The van der Waals surface area contributed by atoms with Crippen molar-refractivity contribution < 1.29 is 4.79 Å². The number of hydrogen-bond donors (Lipinski definition) is 1. The van der Waals surface area contributed by atoms with E-state index in [4.69, 9.17) is 0 Å². The Hall–Kier alpha value is -1.26. The van der Waals surface area contributed by atoms with E-state index in [9.17, 15) is 4.79 Å². The molecule has 0 saturated carbocycles. The monoisotopic (exact) mass is 184 g/mol. The Bertz CT molecular complexity index is 196. The molecular formula is C8H16N4O. The van der Waals surface area contributed by atoms with Gasteiger partial charge in [0.15, 0.2) is 5.96 Å². The SMILES string of the molecule is C/N=C(/NC)N1CCN(C=O)CC1. The molecule has 1 saturated heterocycles. The van der Waals surface area contributed by atoms with E-state index in [2.05, 4.69) is 15.2 Å². The summed E-state index contributed by atoms with van der Waals surface area (Å²) in [4.78, 5) is 18.5. The molecule has 0 spiro atoms. The van der Waals surface area contributed by atoms with Gasteiger partial charge in [0.05, 0.1) is 0 Å². The number of piperazine rings is 1. The maximum Gasteiger partial charge on any atom is 0.209 e. The van der Waals surface area contributed by atoms with Crippen molar-refractivity contribution in [1.29, 1.82) is 0 Å². The fourth-order valence-corrected chi connectivity index (χ4v) is 1.45. The van der Waals surface area contributed by atoms with Gasteiger partial charge in [0.25, 0.3) is 0 Å². The zero-order valence-corrected chi connectivity index (χ0v) is 8.16. The molecule has 0 aromatic heterocycles. The van der Waals surface area contributed by atoms with Crippen LogP contribution in [0.1, 0.15) is 0 Å². The van der Waals surface area contributed by atoms with E-state index in [0.29, 0.717) is 0 Å². The molecule has 1 fully saturated rings. The lowest BCUT2D eigenvalue weighted by molar-refractivity contribution is -0.119. The predicted molar refractivity (Wildman–Crippen MR) is 51.6 cm³/mol. The zero-order valence-electron chi connectivity index (χ0n) is 8.16. The molecule has 1 N–H and O–H groups in total. The number of carbonyl (C=O) groups excluding carboxylic acids is 1. The van der Waals surface area contributed by atoms with Gasteiger partial charge in [0, 0.05) is 40.3 Å². The fraction of sp³-hybridized carbons (Fsp3) is 0.750. The third-order valence-electron chi connectivity index (χ3n) is 2.20. The van der Waals surface area contributed by atoms with Crippen molar-refractivity contribution in [2.24, 2.45) is 4.99 Å². The second kappa shape index (κ2) is 4.69. The maximum atomic E-state index is 10.4. The van der Waals surface area contributed by atoms with E-state index in [1.165, 1.54) is 0 Å². The molecule has 1 aliphatic heterocycles. The lowest BCUT2D eigenvalue weighted by Crippen LogP contribution is -2.51. The van der Waals surface area contributed by atoms with E-state index in [1.54, 1.807) is 11.9 Å². The van der Waals surface area contributed by atoms with Gasteiger partial charge >= 0.3 is 0 Å². The van der Waals surface area contributed by atoms with Gasteiger partial charge in [-0.15, -0.1) is 0 Å². The molecule has 1 aliphatic rings. The normalized spacial score (nSPS) is 18.8. The number of rotatable bonds is 1. The first kappa shape index (κ1) is 9.83. The first-order chi connectivity index (χ1) is 6.31. The van der Waals surface area contributed by atoms with Crippen molar-refractivity contribution in [2.75, 3.05) is 40.3 Å². The number of aliphatic imine (C=N–C) groups is 1. The van der Waals surface area contributed by atoms with Crippen LogP contribution in [-0.2, 0) is 4.79 Å². The summed E-state index contributed by atoms with van der Waals surface area (Å²) in [7, 11) is 3.62. The van der Waals surface area contributed by atoms with Crippen LogP contribution in [0.2, 0.25) is 0 Å². The molecule has 0 bridgehead atoms. The fourth-order valence-electron chi connectivity index (χ4n) is 1.45. The topological polar surface area (TPSA) is 47.9 Å². The molecule has 1 heterocycles. The minimum Gasteiger partial charge on any atom is -0.359 e. The quantitative estimate of drug-likeness (QED) is 0.322. The van der Waals surface area contributed by atoms with Crippen molar-refractivity contribution >= 4 is 12.4 Å². The van der Waals surface area contributed by atoms with Gasteiger partial charge in [-0.25, -0.2) is 0 Å². The average molecular weight is 184 g/mol. The van der Waals surface area contributed by atoms with Crippen molar-refractivity contribution in [1.82, 2.24) is 15.1 Å². The van der Waals surface area contributed by atoms with E-state index in [1.807, 2.05) is 7.05 Å². The molecule has 13 heavy (non-hydrogen) atoms. The predicted octanol–water partition coefficient (Wildman–Crippen LogP) is -1.03. The van der Waals surface area contributed by atoms with E-state index < -0.39 is 0 Å². The van der Waals surface area contributed by atoms with Crippen LogP contribution in [0.3, 0.4) is 0 Å². The molecule has 1 amide bonds. The third-order valence-corrected chi connectivity index (χ3v) is 2.20. The lowest BCUT2D eigenvalue weighted by atomic mass is 10.3. The second-order valence-electron chi connectivity index (χ2n) is 2.93. The minimum atomic E-state index is 0.782. The smallest absolute Gasteiger partial charge is 0.209 e. The van der Waals surface area contributed by atoms with Gasteiger partial charge in [-0.2, -0.15) is 0 Å². The summed E-state index contributed by atoms with van der Waals surface area (Å²) >= 11 is 0. The average Bonchev–Trinajstić information content (AvgIpc) is 2.21. The Kier molecular flexibility index (Phi) is 3.54. The Balaban J connectivity index is 2.44. The first-order valence-electron chi connectivity index (χ1n) is 4.40.